The van der Waals surface area contributed by atoms with Crippen LogP contribution in [-0.4, -0.2) is 68.1 Å². The van der Waals surface area contributed by atoms with Crippen LogP contribution in [0.4, 0.5) is 13.2 Å². The Kier molecular flexibility index (Phi) is 5.64. The summed E-state index contributed by atoms with van der Waals surface area (Å²) >= 11 is 0. The number of ether oxygens (including phenoxy) is 1. The summed E-state index contributed by atoms with van der Waals surface area (Å²) in [5.74, 6) is 0. The average molecular weight is 255 g/mol. The van der Waals surface area contributed by atoms with Crippen molar-refractivity contribution < 1.29 is 17.9 Å². The zero-order valence-corrected chi connectivity index (χ0v) is 10.0. The van der Waals surface area contributed by atoms with Gasteiger partial charge in [0, 0.05) is 45.3 Å². The standard InChI is InChI=1S/C10H20F3N3O/c1-9(8-14)16-4-2-15(3-5-16)6-7-17-10(11,12)13/h9H,2-8,14H2,1H3. The normalized spacial score (nSPS) is 21.7. The summed E-state index contributed by atoms with van der Waals surface area (Å²) in [6.45, 7) is 5.94. The van der Waals surface area contributed by atoms with Crippen LogP contribution in [0.1, 0.15) is 6.92 Å². The lowest BCUT2D eigenvalue weighted by Crippen LogP contribution is -2.51. The maximum absolute atomic E-state index is 11.8. The van der Waals surface area contributed by atoms with Crippen LogP contribution in [0.15, 0.2) is 0 Å². The van der Waals surface area contributed by atoms with Gasteiger partial charge in [-0.05, 0) is 6.92 Å². The van der Waals surface area contributed by atoms with E-state index in [0.29, 0.717) is 19.1 Å². The Balaban J connectivity index is 2.15. The number of rotatable bonds is 5. The van der Waals surface area contributed by atoms with Gasteiger partial charge in [-0.15, -0.1) is 13.2 Å². The molecule has 0 bridgehead atoms. The number of hydrogen-bond acceptors (Lipinski definition) is 4. The maximum atomic E-state index is 11.8. The van der Waals surface area contributed by atoms with Gasteiger partial charge < -0.3 is 5.73 Å². The second kappa shape index (κ2) is 6.53. The van der Waals surface area contributed by atoms with Crippen LogP contribution in [0.2, 0.25) is 0 Å². The molecule has 0 amide bonds. The molecule has 1 fully saturated rings. The van der Waals surface area contributed by atoms with Crippen LogP contribution < -0.4 is 5.73 Å². The first-order valence-corrected chi connectivity index (χ1v) is 5.79. The van der Waals surface area contributed by atoms with Gasteiger partial charge >= 0.3 is 6.36 Å². The third-order valence-corrected chi connectivity index (χ3v) is 3.04. The van der Waals surface area contributed by atoms with E-state index in [4.69, 9.17) is 5.73 Å². The van der Waals surface area contributed by atoms with Crippen LogP contribution in [0.3, 0.4) is 0 Å². The Bertz CT molecular complexity index is 217. The van der Waals surface area contributed by atoms with Crippen LogP contribution >= 0.6 is 0 Å². The van der Waals surface area contributed by atoms with E-state index < -0.39 is 6.36 Å². The predicted octanol–water partition coefficient (Wildman–Crippen LogP) is 0.488. The fourth-order valence-corrected chi connectivity index (χ4v) is 1.87. The lowest BCUT2D eigenvalue weighted by Gasteiger charge is -2.37. The van der Waals surface area contributed by atoms with Crippen molar-refractivity contribution in [3.63, 3.8) is 0 Å². The Hall–Kier alpha value is -0.370. The van der Waals surface area contributed by atoms with Crippen molar-refractivity contribution >= 4 is 0 Å². The highest BCUT2D eigenvalue weighted by Crippen LogP contribution is 2.15. The van der Waals surface area contributed by atoms with Crippen molar-refractivity contribution in [3.8, 4) is 0 Å². The summed E-state index contributed by atoms with van der Waals surface area (Å²) in [5, 5.41) is 0. The Morgan fingerprint density at radius 2 is 1.82 bits per heavy atom. The van der Waals surface area contributed by atoms with E-state index in [-0.39, 0.29) is 6.61 Å². The van der Waals surface area contributed by atoms with E-state index in [1.807, 2.05) is 4.90 Å². The zero-order chi connectivity index (χ0) is 12.9. The molecule has 1 atom stereocenters. The Morgan fingerprint density at radius 3 is 2.29 bits per heavy atom. The molecule has 7 heteroatoms. The first kappa shape index (κ1) is 14.7. The Labute approximate surface area is 99.5 Å². The molecular formula is C10H20F3N3O. The first-order chi connectivity index (χ1) is 7.92. The van der Waals surface area contributed by atoms with Crippen molar-refractivity contribution in [2.24, 2.45) is 5.73 Å². The third-order valence-electron chi connectivity index (χ3n) is 3.04. The molecule has 0 aromatic carbocycles. The van der Waals surface area contributed by atoms with E-state index in [9.17, 15) is 13.2 Å². The molecule has 0 spiro atoms. The molecule has 102 valence electrons. The lowest BCUT2D eigenvalue weighted by molar-refractivity contribution is -0.325. The summed E-state index contributed by atoms with van der Waals surface area (Å²) in [6, 6.07) is 0.337. The van der Waals surface area contributed by atoms with Gasteiger partial charge in [0.05, 0.1) is 6.61 Å². The fraction of sp³-hybridized carbons (Fsp3) is 1.00. The number of nitrogens with zero attached hydrogens (tertiary/aromatic N) is 2. The highest BCUT2D eigenvalue weighted by Gasteiger charge is 2.29. The second-order valence-corrected chi connectivity index (χ2v) is 4.26. The van der Waals surface area contributed by atoms with Crippen LogP contribution in [0.5, 0.6) is 0 Å². The molecule has 1 rings (SSSR count). The van der Waals surface area contributed by atoms with Crippen LogP contribution in [0, 0.1) is 0 Å². The average Bonchev–Trinajstić information content (AvgIpc) is 2.27. The molecule has 17 heavy (non-hydrogen) atoms. The van der Waals surface area contributed by atoms with Crippen molar-refractivity contribution in [2.75, 3.05) is 45.9 Å². The summed E-state index contributed by atoms with van der Waals surface area (Å²) in [7, 11) is 0. The minimum Gasteiger partial charge on any atom is -0.329 e. The van der Waals surface area contributed by atoms with E-state index in [1.165, 1.54) is 0 Å². The van der Waals surface area contributed by atoms with Gasteiger partial charge in [0.2, 0.25) is 0 Å². The highest BCUT2D eigenvalue weighted by molar-refractivity contribution is 4.76. The summed E-state index contributed by atoms with van der Waals surface area (Å²) in [4.78, 5) is 4.23. The molecule has 4 nitrogen and oxygen atoms in total. The smallest absolute Gasteiger partial charge is 0.329 e. The van der Waals surface area contributed by atoms with Crippen molar-refractivity contribution in [1.29, 1.82) is 0 Å². The largest absolute Gasteiger partial charge is 0.522 e. The number of hydrogen-bond donors (Lipinski definition) is 1. The molecule has 0 radical (unpaired) electrons. The molecule has 1 saturated heterocycles. The maximum Gasteiger partial charge on any atom is 0.522 e. The monoisotopic (exact) mass is 255 g/mol. The predicted molar refractivity (Wildman–Crippen MR) is 58.5 cm³/mol. The SMILES string of the molecule is CC(CN)N1CCN(CCOC(F)(F)F)CC1. The minimum absolute atomic E-state index is 0.296. The summed E-state index contributed by atoms with van der Waals surface area (Å²) < 4.78 is 39.0. The van der Waals surface area contributed by atoms with Gasteiger partial charge in [0.25, 0.3) is 0 Å². The quantitative estimate of drug-likeness (QED) is 0.776. The second-order valence-electron chi connectivity index (χ2n) is 4.26. The topological polar surface area (TPSA) is 41.7 Å². The van der Waals surface area contributed by atoms with Gasteiger partial charge in [-0.2, -0.15) is 0 Å². The number of halogens is 3. The lowest BCUT2D eigenvalue weighted by atomic mass is 10.2. The molecule has 0 aromatic rings. The Morgan fingerprint density at radius 1 is 1.24 bits per heavy atom. The van der Waals surface area contributed by atoms with Crippen molar-refractivity contribution in [3.05, 3.63) is 0 Å². The van der Waals surface area contributed by atoms with E-state index in [1.54, 1.807) is 0 Å². The van der Waals surface area contributed by atoms with E-state index >= 15 is 0 Å². The van der Waals surface area contributed by atoms with Gasteiger partial charge in [0.1, 0.15) is 0 Å². The molecule has 0 aromatic heterocycles. The van der Waals surface area contributed by atoms with Gasteiger partial charge in [0.15, 0.2) is 0 Å². The minimum atomic E-state index is -4.52. The molecule has 1 aliphatic rings. The summed E-state index contributed by atoms with van der Waals surface area (Å²) in [6.07, 6.45) is -4.52. The van der Waals surface area contributed by atoms with E-state index in [0.717, 1.165) is 26.2 Å². The van der Waals surface area contributed by atoms with Crippen LogP contribution in [0.25, 0.3) is 0 Å². The molecule has 1 heterocycles. The number of nitrogens with two attached hydrogens (primary N) is 1. The molecule has 1 aliphatic heterocycles. The van der Waals surface area contributed by atoms with Gasteiger partial charge in [-0.3, -0.25) is 14.5 Å². The number of piperazine rings is 1. The molecule has 1 unspecified atom stereocenters. The third kappa shape index (κ3) is 5.67. The molecule has 2 N–H and O–H groups in total. The zero-order valence-electron chi connectivity index (χ0n) is 10.0. The number of alkyl halides is 3. The molecule has 0 saturated carbocycles. The van der Waals surface area contributed by atoms with Crippen molar-refractivity contribution in [2.45, 2.75) is 19.3 Å². The summed E-state index contributed by atoms with van der Waals surface area (Å²) in [5.41, 5.74) is 5.57. The van der Waals surface area contributed by atoms with Gasteiger partial charge in [-0.1, -0.05) is 0 Å². The van der Waals surface area contributed by atoms with Crippen LogP contribution in [-0.2, 0) is 4.74 Å². The fourth-order valence-electron chi connectivity index (χ4n) is 1.87. The first-order valence-electron chi connectivity index (χ1n) is 5.79. The highest BCUT2D eigenvalue weighted by atomic mass is 19.4. The molecular weight excluding hydrogens is 235 g/mol. The molecule has 0 aliphatic carbocycles. The van der Waals surface area contributed by atoms with E-state index in [2.05, 4.69) is 16.6 Å². The van der Waals surface area contributed by atoms with Crippen molar-refractivity contribution in [1.82, 2.24) is 9.80 Å². The van der Waals surface area contributed by atoms with Gasteiger partial charge in [-0.25, -0.2) is 0 Å².